The Bertz CT molecular complexity index is 1340. The number of rotatable bonds is 50. The van der Waals surface area contributed by atoms with Gasteiger partial charge in [0.25, 0.3) is 7.82 Å². The second-order valence-corrected chi connectivity index (χ2v) is 27.9. The molecule has 7 unspecified atom stereocenters. The van der Waals surface area contributed by atoms with Gasteiger partial charge in [-0.3, -0.25) is 14.2 Å². The first kappa shape index (κ1) is 79.5. The summed E-state index contributed by atoms with van der Waals surface area (Å²) in [5.41, 5.74) is 0. The molecule has 458 valence electrons. The molecule has 12 heteroatoms. The van der Waals surface area contributed by atoms with Gasteiger partial charge in [-0.15, -0.1) is 0 Å². The van der Waals surface area contributed by atoms with E-state index >= 15 is 0 Å². The number of ether oxygens (including phenoxy) is 2. The van der Waals surface area contributed by atoms with E-state index in [1.165, 1.54) is 159 Å². The summed E-state index contributed by atoms with van der Waals surface area (Å²) in [6, 6.07) is 0. The van der Waals surface area contributed by atoms with Crippen molar-refractivity contribution in [3.8, 4) is 0 Å². The van der Waals surface area contributed by atoms with Crippen LogP contribution in [0.4, 0.5) is 0 Å². The molecule has 0 amide bonds. The van der Waals surface area contributed by atoms with E-state index in [1.54, 1.807) is 0 Å². The second-order valence-electron chi connectivity index (χ2n) is 26.4. The van der Waals surface area contributed by atoms with E-state index in [0.29, 0.717) is 22.9 Å². The summed E-state index contributed by atoms with van der Waals surface area (Å²) >= 11 is 0. The van der Waals surface area contributed by atoms with Crippen molar-refractivity contribution in [2.75, 3.05) is 73.7 Å². The van der Waals surface area contributed by atoms with Crippen molar-refractivity contribution in [2.24, 2.45) is 47.3 Å². The Labute approximate surface area is 480 Å². The van der Waals surface area contributed by atoms with Gasteiger partial charge in [-0.1, -0.05) is 238 Å². The number of unbranched alkanes of at least 4 members (excludes halogenated alkanes) is 4. The van der Waals surface area contributed by atoms with Gasteiger partial charge in [-0.25, -0.2) is 0 Å². The van der Waals surface area contributed by atoms with Crippen LogP contribution in [0.25, 0.3) is 0 Å². The van der Waals surface area contributed by atoms with E-state index in [2.05, 4.69) is 90.0 Å². The van der Waals surface area contributed by atoms with Crippen molar-refractivity contribution in [3.63, 3.8) is 0 Å². The number of hydrogen-bond donors (Lipinski definition) is 0. The van der Waals surface area contributed by atoms with Gasteiger partial charge in [-0.2, -0.15) is 0 Å². The predicted octanol–water partition coefficient (Wildman–Crippen LogP) is 14.6. The van der Waals surface area contributed by atoms with Gasteiger partial charge in [0, 0.05) is 12.8 Å². The van der Waals surface area contributed by atoms with Gasteiger partial charge in [0.05, 0.1) is 53.9 Å². The summed E-state index contributed by atoms with van der Waals surface area (Å²) in [6.07, 6.45) is 32.3. The third-order valence-corrected chi connectivity index (χ3v) is 16.6. The molecule has 0 aliphatic heterocycles. The van der Waals surface area contributed by atoms with E-state index in [4.69, 9.17) is 18.5 Å². The predicted molar refractivity (Wildman–Crippen MR) is 320 cm³/mol. The molecule has 0 saturated heterocycles. The summed E-state index contributed by atoms with van der Waals surface area (Å²) in [7, 11) is 1.15. The lowest BCUT2D eigenvalue weighted by Crippen LogP contribution is -3.00. The number of carbonyl (C=O) groups is 2. The van der Waals surface area contributed by atoms with Crippen molar-refractivity contribution in [3.05, 3.63) is 0 Å². The molecule has 0 rings (SSSR count). The highest BCUT2D eigenvalue weighted by Crippen LogP contribution is 2.38. The Morgan fingerprint density at radius 2 is 0.750 bits per heavy atom. The maximum Gasteiger partial charge on any atom is 0.306 e. The van der Waals surface area contributed by atoms with Crippen molar-refractivity contribution >= 4 is 19.8 Å². The molecule has 10 nitrogen and oxygen atoms in total. The number of likely N-dealkylation sites (N-methyl/N-ethyl adjacent to an activating group) is 1. The largest absolute Gasteiger partial charge is 1.00 e. The van der Waals surface area contributed by atoms with Crippen LogP contribution in [0.5, 0.6) is 0 Å². The van der Waals surface area contributed by atoms with Gasteiger partial charge in [0.15, 0.2) is 6.10 Å². The van der Waals surface area contributed by atoms with Gasteiger partial charge in [0.2, 0.25) is 0 Å². The van der Waals surface area contributed by atoms with Gasteiger partial charge >= 0.3 is 11.9 Å². The minimum Gasteiger partial charge on any atom is -1.00 e. The average molecular weight is 1120 g/mol. The number of phosphoric acid groups is 1. The van der Waals surface area contributed by atoms with Crippen LogP contribution in [0.15, 0.2) is 0 Å². The molecule has 0 aromatic rings. The molecule has 0 aliphatic rings. The number of esters is 2. The number of quaternary nitrogens is 2. The summed E-state index contributed by atoms with van der Waals surface area (Å²) in [5.74, 6) is 3.92. The first-order valence-corrected chi connectivity index (χ1v) is 33.4. The second kappa shape index (κ2) is 48.9. The normalized spacial score (nSPS) is 15.7. The maximum atomic E-state index is 13.0. The molecule has 0 radical (unpaired) electrons. The van der Waals surface area contributed by atoms with E-state index < -0.39 is 26.5 Å². The SMILES string of the molecule is CC(C)CCCC(C)CCCC(C)CCCC(C)CC(=O)OC[C@H](COP(=O)([O-])OCC[N+](C)(C)C)OC(=O)CC(C)CCCC(C)CCCC(C)CCCC(C)C.CCCC[N+](CCCC)(CCCC)CCCC.[Cl-]. The van der Waals surface area contributed by atoms with Crippen molar-refractivity contribution in [2.45, 2.75) is 283 Å². The summed E-state index contributed by atoms with van der Waals surface area (Å²) < 4.78 is 35.9. The van der Waals surface area contributed by atoms with Crippen LogP contribution in [0.3, 0.4) is 0 Å². The van der Waals surface area contributed by atoms with Crippen LogP contribution in [0.2, 0.25) is 0 Å². The molecule has 0 aliphatic carbocycles. The van der Waals surface area contributed by atoms with E-state index in [0.717, 1.165) is 62.2 Å². The Kier molecular flexibility index (Phi) is 51.2. The van der Waals surface area contributed by atoms with Crippen molar-refractivity contribution in [1.29, 1.82) is 0 Å². The highest BCUT2D eigenvalue weighted by molar-refractivity contribution is 7.45. The van der Waals surface area contributed by atoms with Crippen LogP contribution in [-0.4, -0.2) is 101 Å². The standard InChI is InChI=1S/C48H96NO8P.C16H36N.ClH/c1-38(2)20-14-22-40(5)24-16-26-42(7)28-18-30-44(9)34-47(50)54-36-46(37-56-58(52,53)55-33-32-49(11,12)13)57-48(51)35-45(10)31-19-29-43(8)27-17-25-41(6)23-15-21-39(3)4;1-5-9-13-17(14-10-6-2,15-11-7-3)16-12-8-4;/h38-46H,14-37H2,1-13H3;5-16H2,1-4H3;1H/q;+1;/p-1/t40?,41?,42?,43?,44?,45?,46-;;/m1../s1. The van der Waals surface area contributed by atoms with Crippen LogP contribution in [0, 0.1) is 47.3 Å². The zero-order chi connectivity index (χ0) is 57.1. The third-order valence-electron chi connectivity index (χ3n) is 15.7. The van der Waals surface area contributed by atoms with Crippen LogP contribution in [0.1, 0.15) is 277 Å². The molecule has 0 fully saturated rings. The topological polar surface area (TPSA) is 111 Å². The van der Waals surface area contributed by atoms with Gasteiger partial charge in [0.1, 0.15) is 19.8 Å². The monoisotopic (exact) mass is 1120 g/mol. The molecule has 0 saturated carbocycles. The molecule has 0 spiro atoms. The Morgan fingerprint density at radius 1 is 0.434 bits per heavy atom. The summed E-state index contributed by atoms with van der Waals surface area (Å²) in [4.78, 5) is 38.4. The zero-order valence-electron chi connectivity index (χ0n) is 53.6. The number of nitrogens with zero attached hydrogens (tertiary/aromatic N) is 2. The molecule has 0 bridgehead atoms. The van der Waals surface area contributed by atoms with Crippen molar-refractivity contribution in [1.82, 2.24) is 0 Å². The van der Waals surface area contributed by atoms with Crippen molar-refractivity contribution < 1.29 is 58.9 Å². The molecule has 0 aromatic carbocycles. The fourth-order valence-electron chi connectivity index (χ4n) is 10.2. The van der Waals surface area contributed by atoms with Crippen LogP contribution in [-0.2, 0) is 32.7 Å². The fourth-order valence-corrected chi connectivity index (χ4v) is 11.0. The molecule has 0 heterocycles. The number of hydrogen-bond acceptors (Lipinski definition) is 8. The van der Waals surface area contributed by atoms with E-state index in [-0.39, 0.29) is 56.3 Å². The Morgan fingerprint density at radius 3 is 1.07 bits per heavy atom. The summed E-state index contributed by atoms with van der Waals surface area (Å²) in [6.45, 7) is 37.4. The van der Waals surface area contributed by atoms with Gasteiger partial charge < -0.3 is 44.8 Å². The van der Waals surface area contributed by atoms with Crippen LogP contribution >= 0.6 is 7.82 Å². The molecular weight excluding hydrogens is 991 g/mol. The molecular formula is C64H132ClN2O8P. The quantitative estimate of drug-likeness (QED) is 0.0336. The van der Waals surface area contributed by atoms with Gasteiger partial charge in [-0.05, 0) is 73.0 Å². The minimum absolute atomic E-state index is 0. The first-order chi connectivity index (χ1) is 35.3. The van der Waals surface area contributed by atoms with Crippen LogP contribution < -0.4 is 17.3 Å². The lowest BCUT2D eigenvalue weighted by atomic mass is 9.91. The number of halogens is 1. The highest BCUT2D eigenvalue weighted by atomic mass is 35.5. The smallest absolute Gasteiger partial charge is 0.306 e. The molecule has 76 heavy (non-hydrogen) atoms. The summed E-state index contributed by atoms with van der Waals surface area (Å²) in [5, 5.41) is 0. The minimum atomic E-state index is -4.65. The first-order valence-electron chi connectivity index (χ1n) is 31.9. The Hall–Kier alpha value is -0.740. The van der Waals surface area contributed by atoms with E-state index in [1.807, 2.05) is 28.1 Å². The highest BCUT2D eigenvalue weighted by Gasteiger charge is 2.26. The fraction of sp³-hybridized carbons (Fsp3) is 0.969. The zero-order valence-corrected chi connectivity index (χ0v) is 55.3. The molecule has 0 N–H and O–H groups in total. The average Bonchev–Trinajstić information content (AvgIpc) is 3.31. The lowest BCUT2D eigenvalue weighted by molar-refractivity contribution is -0.929. The lowest BCUT2D eigenvalue weighted by Gasteiger charge is -2.39. The van der Waals surface area contributed by atoms with E-state index in [9.17, 15) is 19.0 Å². The number of phosphoric ester groups is 1. The maximum absolute atomic E-state index is 13.0. The molecule has 0 aromatic heterocycles. The molecule has 8 atom stereocenters. The number of carbonyl (C=O) groups excluding carboxylic acids is 2. The third kappa shape index (κ3) is 51.4. The Balaban J connectivity index is -0.00000251.